The standard InChI is InChI=1S/C21H25N5O5S2/c1-4-25(5-2)33(28,29)16-7-9-19-23-24-21(26(19)13-16)32-14(3)20(27)22-15-6-8-17-18(12-15)31-11-10-30-17/h6-9,12-14H,4-5,10-11H2,1-3H3,(H,22,27)/t14-/m0/s1. The van der Waals surface area contributed by atoms with Crippen molar-refractivity contribution in [2.75, 3.05) is 31.6 Å². The van der Waals surface area contributed by atoms with E-state index >= 15 is 0 Å². The summed E-state index contributed by atoms with van der Waals surface area (Å²) in [7, 11) is -3.63. The summed E-state index contributed by atoms with van der Waals surface area (Å²) >= 11 is 1.19. The number of ether oxygens (including phenoxy) is 2. The molecule has 1 N–H and O–H groups in total. The Labute approximate surface area is 196 Å². The number of sulfonamides is 1. The molecular formula is C21H25N5O5S2. The Morgan fingerprint density at radius 3 is 2.61 bits per heavy atom. The van der Waals surface area contributed by atoms with Crippen LogP contribution in [0.5, 0.6) is 11.5 Å². The third-order valence-corrected chi connectivity index (χ3v) is 8.24. The van der Waals surface area contributed by atoms with Crippen LogP contribution in [0.25, 0.3) is 5.65 Å². The lowest BCUT2D eigenvalue weighted by Crippen LogP contribution is -2.30. The lowest BCUT2D eigenvalue weighted by Gasteiger charge is -2.19. The summed E-state index contributed by atoms with van der Waals surface area (Å²) in [5.74, 6) is 0.997. The van der Waals surface area contributed by atoms with Gasteiger partial charge in [0.25, 0.3) is 0 Å². The normalized spacial score (nSPS) is 14.4. The molecular weight excluding hydrogens is 466 g/mol. The molecule has 1 amide bonds. The Balaban J connectivity index is 1.51. The second-order valence-electron chi connectivity index (χ2n) is 7.27. The number of benzene rings is 1. The highest BCUT2D eigenvalue weighted by molar-refractivity contribution is 8.00. The number of hydrogen-bond donors (Lipinski definition) is 1. The minimum absolute atomic E-state index is 0.147. The maximum absolute atomic E-state index is 12.9. The van der Waals surface area contributed by atoms with Crippen molar-refractivity contribution in [1.29, 1.82) is 0 Å². The Hall–Kier alpha value is -2.83. The van der Waals surface area contributed by atoms with Gasteiger partial charge in [0, 0.05) is 31.0 Å². The summed E-state index contributed by atoms with van der Waals surface area (Å²) < 4.78 is 39.8. The van der Waals surface area contributed by atoms with Gasteiger partial charge in [0.2, 0.25) is 15.9 Å². The van der Waals surface area contributed by atoms with Crippen molar-refractivity contribution < 1.29 is 22.7 Å². The van der Waals surface area contributed by atoms with Crippen LogP contribution in [0.4, 0.5) is 5.69 Å². The zero-order valence-corrected chi connectivity index (χ0v) is 20.1. The number of anilines is 1. The second-order valence-corrected chi connectivity index (χ2v) is 10.5. The molecule has 0 bridgehead atoms. The summed E-state index contributed by atoms with van der Waals surface area (Å²) in [6.45, 7) is 7.04. The molecule has 176 valence electrons. The van der Waals surface area contributed by atoms with Gasteiger partial charge in [0.05, 0.1) is 10.1 Å². The average molecular weight is 492 g/mol. The van der Waals surface area contributed by atoms with Gasteiger partial charge in [0.15, 0.2) is 22.3 Å². The van der Waals surface area contributed by atoms with Crippen molar-refractivity contribution >= 4 is 39.0 Å². The molecule has 0 aliphatic carbocycles. The van der Waals surface area contributed by atoms with E-state index in [-0.39, 0.29) is 10.8 Å². The first-order valence-corrected chi connectivity index (χ1v) is 12.9. The Morgan fingerprint density at radius 2 is 1.88 bits per heavy atom. The number of nitrogens with zero attached hydrogens (tertiary/aromatic N) is 4. The van der Waals surface area contributed by atoms with E-state index in [1.54, 1.807) is 49.4 Å². The van der Waals surface area contributed by atoms with Gasteiger partial charge in [-0.25, -0.2) is 8.42 Å². The van der Waals surface area contributed by atoms with E-state index in [2.05, 4.69) is 15.5 Å². The molecule has 1 aromatic carbocycles. The monoisotopic (exact) mass is 491 g/mol. The van der Waals surface area contributed by atoms with Crippen molar-refractivity contribution in [2.24, 2.45) is 0 Å². The number of rotatable bonds is 8. The largest absolute Gasteiger partial charge is 0.486 e. The van der Waals surface area contributed by atoms with Crippen LogP contribution in [0.3, 0.4) is 0 Å². The predicted molar refractivity (Wildman–Crippen MR) is 124 cm³/mol. The summed E-state index contributed by atoms with van der Waals surface area (Å²) in [4.78, 5) is 12.9. The van der Waals surface area contributed by atoms with E-state index in [0.29, 0.717) is 54.3 Å². The lowest BCUT2D eigenvalue weighted by molar-refractivity contribution is -0.115. The fourth-order valence-electron chi connectivity index (χ4n) is 3.37. The predicted octanol–water partition coefficient (Wildman–Crippen LogP) is 2.65. The molecule has 33 heavy (non-hydrogen) atoms. The van der Waals surface area contributed by atoms with Crippen LogP contribution in [0.15, 0.2) is 46.6 Å². The van der Waals surface area contributed by atoms with Crippen LogP contribution >= 0.6 is 11.8 Å². The van der Waals surface area contributed by atoms with Crippen LogP contribution in [0, 0.1) is 0 Å². The zero-order valence-electron chi connectivity index (χ0n) is 18.5. The van der Waals surface area contributed by atoms with E-state index < -0.39 is 15.3 Å². The molecule has 1 atom stereocenters. The number of pyridine rings is 1. The molecule has 0 fully saturated rings. The quantitative estimate of drug-likeness (QED) is 0.478. The molecule has 0 unspecified atom stereocenters. The highest BCUT2D eigenvalue weighted by atomic mass is 32.2. The van der Waals surface area contributed by atoms with E-state index in [1.165, 1.54) is 28.3 Å². The van der Waals surface area contributed by atoms with Gasteiger partial charge in [-0.1, -0.05) is 25.6 Å². The summed E-state index contributed by atoms with van der Waals surface area (Å²) in [6, 6.07) is 8.35. The highest BCUT2D eigenvalue weighted by Gasteiger charge is 2.24. The summed E-state index contributed by atoms with van der Waals surface area (Å²) in [5.41, 5.74) is 1.09. The number of carbonyl (C=O) groups is 1. The molecule has 0 saturated carbocycles. The smallest absolute Gasteiger partial charge is 0.244 e. The van der Waals surface area contributed by atoms with Crippen molar-refractivity contribution in [3.05, 3.63) is 36.5 Å². The Kier molecular flexibility index (Phi) is 6.77. The fraction of sp³-hybridized carbons (Fsp3) is 0.381. The molecule has 10 nitrogen and oxygen atoms in total. The SMILES string of the molecule is CCN(CC)S(=O)(=O)c1ccc2nnc(S[C@@H](C)C(=O)Nc3ccc4c(c3)OCCO4)n2c1. The summed E-state index contributed by atoms with van der Waals surface area (Å²) in [6.07, 6.45) is 1.50. The molecule has 12 heteroatoms. The number of nitrogens with one attached hydrogen (secondary N) is 1. The molecule has 0 spiro atoms. The maximum atomic E-state index is 12.9. The van der Waals surface area contributed by atoms with E-state index in [9.17, 15) is 13.2 Å². The van der Waals surface area contributed by atoms with Crippen LogP contribution in [-0.4, -0.2) is 64.8 Å². The van der Waals surface area contributed by atoms with Crippen LogP contribution in [0.2, 0.25) is 0 Å². The molecule has 0 radical (unpaired) electrons. The first-order chi connectivity index (χ1) is 15.8. The number of fused-ring (bicyclic) bond motifs is 2. The number of carbonyl (C=O) groups excluding carboxylic acids is 1. The molecule has 4 rings (SSSR count). The fourth-order valence-corrected chi connectivity index (χ4v) is 5.66. The third-order valence-electron chi connectivity index (χ3n) is 5.15. The van der Waals surface area contributed by atoms with Crippen LogP contribution in [0.1, 0.15) is 20.8 Å². The van der Waals surface area contributed by atoms with E-state index in [4.69, 9.17) is 9.47 Å². The van der Waals surface area contributed by atoms with Crippen molar-refractivity contribution in [3.63, 3.8) is 0 Å². The van der Waals surface area contributed by atoms with Crippen molar-refractivity contribution in [1.82, 2.24) is 18.9 Å². The molecule has 2 aromatic heterocycles. The zero-order chi connectivity index (χ0) is 23.6. The third kappa shape index (κ3) is 4.77. The van der Waals surface area contributed by atoms with Gasteiger partial charge < -0.3 is 14.8 Å². The first-order valence-electron chi connectivity index (χ1n) is 10.6. The Bertz CT molecular complexity index is 1270. The minimum atomic E-state index is -3.63. The highest BCUT2D eigenvalue weighted by Crippen LogP contribution is 2.33. The van der Waals surface area contributed by atoms with Gasteiger partial charge in [-0.2, -0.15) is 4.31 Å². The number of aromatic nitrogens is 3. The van der Waals surface area contributed by atoms with E-state index in [1.807, 2.05) is 0 Å². The molecule has 1 aliphatic heterocycles. The topological polar surface area (TPSA) is 115 Å². The van der Waals surface area contributed by atoms with Crippen molar-refractivity contribution in [3.8, 4) is 11.5 Å². The number of hydrogen-bond acceptors (Lipinski definition) is 8. The van der Waals surface area contributed by atoms with Gasteiger partial charge >= 0.3 is 0 Å². The van der Waals surface area contributed by atoms with Gasteiger partial charge in [-0.3, -0.25) is 9.20 Å². The number of amides is 1. The van der Waals surface area contributed by atoms with Gasteiger partial charge in [-0.05, 0) is 31.2 Å². The molecule has 1 aliphatic rings. The van der Waals surface area contributed by atoms with Crippen LogP contribution in [-0.2, 0) is 14.8 Å². The van der Waals surface area contributed by atoms with Crippen molar-refractivity contribution in [2.45, 2.75) is 36.1 Å². The number of thioether (sulfide) groups is 1. The first kappa shape index (κ1) is 23.3. The lowest BCUT2D eigenvalue weighted by atomic mass is 10.2. The minimum Gasteiger partial charge on any atom is -0.486 e. The maximum Gasteiger partial charge on any atom is 0.244 e. The van der Waals surface area contributed by atoms with Crippen LogP contribution < -0.4 is 14.8 Å². The Morgan fingerprint density at radius 1 is 1.15 bits per heavy atom. The average Bonchev–Trinajstić information content (AvgIpc) is 3.21. The molecule has 0 saturated heterocycles. The van der Waals surface area contributed by atoms with E-state index in [0.717, 1.165) is 0 Å². The molecule has 3 heterocycles. The van der Waals surface area contributed by atoms with Gasteiger partial charge in [-0.15, -0.1) is 10.2 Å². The molecule has 3 aromatic rings. The summed E-state index contributed by atoms with van der Waals surface area (Å²) in [5, 5.41) is 11.0. The second kappa shape index (κ2) is 9.57. The van der Waals surface area contributed by atoms with Gasteiger partial charge in [0.1, 0.15) is 13.2 Å².